The summed E-state index contributed by atoms with van der Waals surface area (Å²) in [4.78, 5) is 7.34. The molecule has 1 aliphatic carbocycles. The number of rotatable bonds is 3. The predicted molar refractivity (Wildman–Crippen MR) is 109 cm³/mol. The second kappa shape index (κ2) is 6.93. The lowest BCUT2D eigenvalue weighted by molar-refractivity contribution is 0.0618. The van der Waals surface area contributed by atoms with Crippen molar-refractivity contribution in [1.29, 1.82) is 0 Å². The van der Waals surface area contributed by atoms with E-state index in [1.165, 1.54) is 44.2 Å². The van der Waals surface area contributed by atoms with E-state index in [0.717, 1.165) is 49.3 Å². The minimum atomic E-state index is -0.115. The van der Waals surface area contributed by atoms with Crippen LogP contribution in [0.4, 0.5) is 5.69 Å². The molecular formula is C22H31N5. The Morgan fingerprint density at radius 3 is 2.67 bits per heavy atom. The van der Waals surface area contributed by atoms with Gasteiger partial charge in [0.1, 0.15) is 12.0 Å². The molecule has 0 unspecified atom stereocenters. The highest BCUT2D eigenvalue weighted by atomic mass is 15.5. The molecule has 27 heavy (non-hydrogen) atoms. The summed E-state index contributed by atoms with van der Waals surface area (Å²) in [6.07, 6.45) is 12.3. The van der Waals surface area contributed by atoms with E-state index in [0.29, 0.717) is 0 Å². The fourth-order valence-electron chi connectivity index (χ4n) is 5.63. The van der Waals surface area contributed by atoms with E-state index < -0.39 is 0 Å². The summed E-state index contributed by atoms with van der Waals surface area (Å²) in [5.41, 5.74) is 2.25. The molecule has 3 aliphatic rings. The zero-order valence-corrected chi connectivity index (χ0v) is 16.4. The van der Waals surface area contributed by atoms with Crippen molar-refractivity contribution in [3.8, 4) is 11.4 Å². The van der Waals surface area contributed by atoms with Gasteiger partial charge in [0.05, 0.1) is 0 Å². The lowest BCUT2D eigenvalue weighted by Gasteiger charge is -2.48. The van der Waals surface area contributed by atoms with Gasteiger partial charge in [0, 0.05) is 43.2 Å². The van der Waals surface area contributed by atoms with Crippen LogP contribution in [0.25, 0.3) is 11.4 Å². The summed E-state index contributed by atoms with van der Waals surface area (Å²) in [5.74, 6) is 1.99. The zero-order chi connectivity index (χ0) is 18.3. The van der Waals surface area contributed by atoms with Gasteiger partial charge in [-0.2, -0.15) is 5.10 Å². The Balaban J connectivity index is 1.30. The zero-order valence-electron chi connectivity index (χ0n) is 16.4. The molecule has 1 aromatic carbocycles. The third-order valence-corrected chi connectivity index (χ3v) is 7.14. The van der Waals surface area contributed by atoms with Crippen LogP contribution in [0, 0.1) is 5.92 Å². The van der Waals surface area contributed by atoms with Crippen molar-refractivity contribution < 1.29 is 0 Å². The molecule has 1 saturated heterocycles. The number of aromatic nitrogens is 3. The number of hydrogen-bond donors (Lipinski definition) is 1. The van der Waals surface area contributed by atoms with Gasteiger partial charge >= 0.3 is 0 Å². The highest BCUT2D eigenvalue weighted by Crippen LogP contribution is 2.42. The monoisotopic (exact) mass is 365 g/mol. The molecule has 0 bridgehead atoms. The lowest BCUT2D eigenvalue weighted by atomic mass is 9.82. The minimum Gasteiger partial charge on any atom is -0.360 e. The van der Waals surface area contributed by atoms with Crippen LogP contribution in [0.2, 0.25) is 0 Å². The van der Waals surface area contributed by atoms with E-state index in [1.54, 1.807) is 6.33 Å². The second-order valence-corrected chi connectivity index (χ2v) is 8.70. The maximum absolute atomic E-state index is 4.63. The second-order valence-electron chi connectivity index (χ2n) is 8.70. The van der Waals surface area contributed by atoms with Gasteiger partial charge in [0.2, 0.25) is 0 Å². The van der Waals surface area contributed by atoms with Crippen molar-refractivity contribution in [3.63, 3.8) is 0 Å². The van der Waals surface area contributed by atoms with Gasteiger partial charge in [0.15, 0.2) is 5.82 Å². The van der Waals surface area contributed by atoms with Gasteiger partial charge < -0.3 is 10.2 Å². The lowest BCUT2D eigenvalue weighted by Crippen LogP contribution is -2.55. The molecule has 3 heterocycles. The molecule has 0 radical (unpaired) electrons. The number of para-hydroxylation sites is 1. The minimum absolute atomic E-state index is 0.115. The number of hydrogen-bond acceptors (Lipinski definition) is 4. The van der Waals surface area contributed by atoms with Crippen LogP contribution in [0.3, 0.4) is 0 Å². The summed E-state index contributed by atoms with van der Waals surface area (Å²) in [6, 6.07) is 9.29. The fourth-order valence-corrected chi connectivity index (χ4v) is 5.63. The SMILES string of the molecule is CCCC1CCC(N2CCC3(CC2)Nc2ccccc2-c2ncnn23)CC1. The number of benzene rings is 1. The Labute approximate surface area is 162 Å². The van der Waals surface area contributed by atoms with Crippen molar-refractivity contribution in [1.82, 2.24) is 19.7 Å². The largest absolute Gasteiger partial charge is 0.360 e. The van der Waals surface area contributed by atoms with Gasteiger partial charge in [-0.25, -0.2) is 9.67 Å². The summed E-state index contributed by atoms with van der Waals surface area (Å²) in [6.45, 7) is 4.62. The standard InChI is InChI=1S/C22H31N5/c1-2-5-17-8-10-18(11-9-17)26-14-12-22(13-15-26)25-20-7-4-3-6-19(20)21-23-16-24-27(21)22/h3-4,6-7,16-18,25H,2,5,8-15H2,1H3. The van der Waals surface area contributed by atoms with E-state index in [9.17, 15) is 0 Å². The van der Waals surface area contributed by atoms with Crippen molar-refractivity contribution >= 4 is 5.69 Å². The van der Waals surface area contributed by atoms with Crippen LogP contribution < -0.4 is 5.32 Å². The smallest absolute Gasteiger partial charge is 0.162 e. The molecule has 1 saturated carbocycles. The molecule has 1 N–H and O–H groups in total. The first-order chi connectivity index (χ1) is 13.3. The van der Waals surface area contributed by atoms with Crippen LogP contribution in [-0.2, 0) is 5.66 Å². The third-order valence-electron chi connectivity index (χ3n) is 7.14. The Morgan fingerprint density at radius 2 is 1.89 bits per heavy atom. The molecule has 0 amide bonds. The fraction of sp³-hybridized carbons (Fsp3) is 0.636. The average Bonchev–Trinajstić information content (AvgIpc) is 3.21. The molecule has 2 aromatic rings. The van der Waals surface area contributed by atoms with Crippen molar-refractivity contribution in [2.24, 2.45) is 5.92 Å². The van der Waals surface area contributed by atoms with Gasteiger partial charge in [-0.3, -0.25) is 0 Å². The normalized spacial score (nSPS) is 27.0. The highest BCUT2D eigenvalue weighted by Gasteiger charge is 2.43. The van der Waals surface area contributed by atoms with Crippen molar-refractivity contribution in [2.45, 2.75) is 70.0 Å². The summed E-state index contributed by atoms with van der Waals surface area (Å²) in [5, 5.41) is 8.46. The first kappa shape index (κ1) is 17.2. The van der Waals surface area contributed by atoms with Crippen LogP contribution in [0.15, 0.2) is 30.6 Å². The summed E-state index contributed by atoms with van der Waals surface area (Å²) >= 11 is 0. The number of fused-ring (bicyclic) bond motifs is 4. The summed E-state index contributed by atoms with van der Waals surface area (Å²) in [7, 11) is 0. The molecule has 5 rings (SSSR count). The maximum Gasteiger partial charge on any atom is 0.162 e. The van der Waals surface area contributed by atoms with Crippen molar-refractivity contribution in [2.75, 3.05) is 18.4 Å². The van der Waals surface area contributed by atoms with Crippen LogP contribution in [0.5, 0.6) is 0 Å². The van der Waals surface area contributed by atoms with Gasteiger partial charge in [-0.1, -0.05) is 31.9 Å². The molecule has 1 spiro atoms. The quantitative estimate of drug-likeness (QED) is 0.871. The molecule has 5 nitrogen and oxygen atoms in total. The van der Waals surface area contributed by atoms with Crippen molar-refractivity contribution in [3.05, 3.63) is 30.6 Å². The number of piperidine rings is 1. The molecule has 1 aromatic heterocycles. The van der Waals surface area contributed by atoms with Gasteiger partial charge in [0.25, 0.3) is 0 Å². The van der Waals surface area contributed by atoms with Gasteiger partial charge in [-0.15, -0.1) is 0 Å². The number of anilines is 1. The molecule has 0 atom stereocenters. The molecular weight excluding hydrogens is 334 g/mol. The highest BCUT2D eigenvalue weighted by molar-refractivity contribution is 5.76. The van der Waals surface area contributed by atoms with E-state index in [4.69, 9.17) is 0 Å². The van der Waals surface area contributed by atoms with Crippen LogP contribution >= 0.6 is 0 Å². The number of likely N-dealkylation sites (tertiary alicyclic amines) is 1. The summed E-state index contributed by atoms with van der Waals surface area (Å²) < 4.78 is 2.16. The Kier molecular flexibility index (Phi) is 4.43. The van der Waals surface area contributed by atoms with Crippen LogP contribution in [0.1, 0.15) is 58.3 Å². The Hall–Kier alpha value is -1.88. The molecule has 5 heteroatoms. The molecule has 2 aliphatic heterocycles. The molecule has 2 fully saturated rings. The van der Waals surface area contributed by atoms with Crippen LogP contribution in [-0.4, -0.2) is 38.8 Å². The average molecular weight is 366 g/mol. The first-order valence-corrected chi connectivity index (χ1v) is 10.8. The molecule has 144 valence electrons. The van der Waals surface area contributed by atoms with E-state index in [1.807, 2.05) is 0 Å². The number of nitrogens with zero attached hydrogens (tertiary/aromatic N) is 4. The van der Waals surface area contributed by atoms with E-state index in [2.05, 4.69) is 56.2 Å². The predicted octanol–water partition coefficient (Wildman–Crippen LogP) is 4.48. The Morgan fingerprint density at radius 1 is 1.11 bits per heavy atom. The third kappa shape index (κ3) is 2.96. The number of nitrogens with one attached hydrogen (secondary N) is 1. The first-order valence-electron chi connectivity index (χ1n) is 10.8. The topological polar surface area (TPSA) is 46.0 Å². The van der Waals surface area contributed by atoms with E-state index in [-0.39, 0.29) is 5.66 Å². The van der Waals surface area contributed by atoms with Gasteiger partial charge in [-0.05, 0) is 43.7 Å². The maximum atomic E-state index is 4.63. The Bertz CT molecular complexity index is 782. The van der Waals surface area contributed by atoms with E-state index >= 15 is 0 Å².